The van der Waals surface area contributed by atoms with Crippen molar-refractivity contribution in [1.82, 2.24) is 47.9 Å². The van der Waals surface area contributed by atoms with Gasteiger partial charge in [0.1, 0.15) is 22.2 Å². The van der Waals surface area contributed by atoms with E-state index in [1.807, 2.05) is 47.4 Å². The lowest BCUT2D eigenvalue weighted by Gasteiger charge is -2.10. The highest BCUT2D eigenvalue weighted by Gasteiger charge is 2.17. The number of morpholine rings is 1. The monoisotopic (exact) mass is 1800 g/mol. The van der Waals surface area contributed by atoms with Crippen molar-refractivity contribution in [2.75, 3.05) is 204 Å². The number of ketones is 1. The van der Waals surface area contributed by atoms with Crippen LogP contribution in [0.3, 0.4) is 0 Å². The second kappa shape index (κ2) is 102. The number of nitrogens with zero attached hydrogens (tertiary/aromatic N) is 2. The topological polar surface area (TPSA) is 255 Å². The maximum Gasteiger partial charge on any atom is 0.169 e. The van der Waals surface area contributed by atoms with Gasteiger partial charge in [0.05, 0.1) is 42.8 Å². The number of hydrogen-bond donors (Lipinski definition) is 9. The number of nitrogens with one attached hydrogen (secondary N) is 9. The molecule has 11 saturated heterocycles. The van der Waals surface area contributed by atoms with Crippen molar-refractivity contribution in [1.29, 1.82) is 0 Å². The molecule has 20 nitrogen and oxygen atoms in total. The van der Waals surface area contributed by atoms with Crippen LogP contribution >= 0.6 is 35.3 Å². The van der Waals surface area contributed by atoms with E-state index in [2.05, 4.69) is 92.6 Å². The first-order chi connectivity index (χ1) is 59.8. The van der Waals surface area contributed by atoms with Crippen LogP contribution in [0.5, 0.6) is 0 Å². The molecule has 15 aliphatic heterocycles. The Bertz CT molecular complexity index is 2080. The van der Waals surface area contributed by atoms with Crippen molar-refractivity contribution in [2.24, 2.45) is 9.98 Å². The third-order valence-corrected chi connectivity index (χ3v) is 27.8. The molecular weight excluding hydrogens is 1610 g/mol. The molecule has 0 aromatic rings. The number of allylic oxidation sites excluding steroid dienone is 3. The normalized spacial score (nSPS) is 23.4. The number of Topliss-reactive ketones (excluding diaryl/α,β-unsaturated/α-hetero) is 1. The van der Waals surface area contributed by atoms with Crippen LogP contribution in [0.1, 0.15) is 340 Å². The van der Waals surface area contributed by atoms with Gasteiger partial charge in [-0.3, -0.25) is 14.8 Å². The summed E-state index contributed by atoms with van der Waals surface area (Å²) in [6, 6.07) is 0. The third kappa shape index (κ3) is 103. The van der Waals surface area contributed by atoms with Crippen LogP contribution in [0.4, 0.5) is 0 Å². The van der Waals surface area contributed by atoms with Crippen LogP contribution in [-0.2, 0) is 43.4 Å². The second-order valence-electron chi connectivity index (χ2n) is 33.1. The fourth-order valence-corrected chi connectivity index (χ4v) is 17.9. The summed E-state index contributed by atoms with van der Waals surface area (Å²) in [5.74, 6) is 7.37. The summed E-state index contributed by atoms with van der Waals surface area (Å²) < 4.78 is 61.9. The lowest BCUT2D eigenvalue weighted by Crippen LogP contribution is -2.35. The van der Waals surface area contributed by atoms with Crippen molar-refractivity contribution >= 4 is 73.4 Å². The summed E-state index contributed by atoms with van der Waals surface area (Å²) in [5, 5.41) is 32.5. The van der Waals surface area contributed by atoms with Gasteiger partial charge in [0.25, 0.3) is 0 Å². The molecule has 0 radical (unpaired) electrons. The van der Waals surface area contributed by atoms with Crippen LogP contribution in [-0.4, -0.2) is 239 Å². The highest BCUT2D eigenvalue weighted by molar-refractivity contribution is 8.04. The first-order valence-corrected chi connectivity index (χ1v) is 56.8. The molecule has 5 saturated carbocycles. The standard InChI is InChI=1S/C7H14.C6H13N.C6H12O.2C5H11N.C5H9N.C5H8O.C5H10.C5H8.C4H9NO2S.C4H9NO.C4H9NS.C4H5NS.C4H9N.C4H7N.C4H8O2S.C4H8O.C4H8S.2C4H8.C3H5NO/c3*1-2-4-6-7-5-3-1;3*1-2-4-6-5-3-1;6-5-3-1-2-4-5;2*1-2-4-5-3-1;6-8(7)3-1-5-2-4-8;3*1-3-6-4-2-5-1;2*1-2-4-5-3-1;5-7(6)3-1-2-4-7;2*1-2-4-5-3-1;2*1-2-4-3-1;1-2-5-3-4-1/h1-7H2;7H,1-6H2;1-6H2;2*6H,1-5H2;2,4,6H,1,3,5H2;1-4H2;1-5H2;1-2H,3-5H2;5H,1-4H2;2*5H,1-4H2;1-5H;5H,1-4H2;3H,1-2,4H2;1-4H2;2*1-4H2;2*1-4H2;3H,1-2H2. The molecule has 16 fully saturated rings. The lowest BCUT2D eigenvalue weighted by molar-refractivity contribution is -0.117. The Morgan fingerprint density at radius 2 is 0.645 bits per heavy atom. The number of carbonyl (C=O) groups excluding carboxylic acids is 1. The molecule has 21 aliphatic rings. The zero-order valence-electron chi connectivity index (χ0n) is 77.5. The maximum atomic E-state index is 10.6. The minimum Gasteiger partial charge on any atom is -0.482 e. The fourth-order valence-electron chi connectivity index (χ4n) is 13.1. The lowest BCUT2D eigenvalue weighted by atomic mass is 10.0. The molecule has 15 heterocycles. The predicted octanol–water partition coefficient (Wildman–Crippen LogP) is 19.8. The molecule has 0 amide bonds. The van der Waals surface area contributed by atoms with Gasteiger partial charge in [-0.15, -0.1) is 11.8 Å². The average Bonchev–Trinajstić information content (AvgIpc) is 1.88. The minimum absolute atomic E-state index is 0.312. The van der Waals surface area contributed by atoms with Crippen molar-refractivity contribution in [2.45, 2.75) is 340 Å². The SMILES string of the molecule is C1=CCCC1.C1=CNCCC1.C1=CSC=CN1.C1=NCCC1.C1=NCCO1.C1CCC1.C1CCC1.C1CCCC1.C1CCCCCC1.C1CCCNCC1.C1CCCOCC1.C1CCNC1.C1CCNCC1.C1CCNCC1.C1CCOC1.C1CCSC1.C1COCCN1.C1CSCCN1.O=C1CCCC1.O=S1(=O)CCCC1.O=S1(=O)CCNCC1. The van der Waals surface area contributed by atoms with Crippen LogP contribution < -0.4 is 47.9 Å². The molecule has 25 heteroatoms. The van der Waals surface area contributed by atoms with Gasteiger partial charge in [0.2, 0.25) is 0 Å². The van der Waals surface area contributed by atoms with E-state index in [9.17, 15) is 21.6 Å². The van der Waals surface area contributed by atoms with Crippen molar-refractivity contribution in [3.63, 3.8) is 0 Å². The molecule has 0 atom stereocenters. The zero-order chi connectivity index (χ0) is 86.5. The van der Waals surface area contributed by atoms with Crippen molar-refractivity contribution in [3.8, 4) is 0 Å². The summed E-state index contributed by atoms with van der Waals surface area (Å²) in [6.07, 6.45) is 88.4. The van der Waals surface area contributed by atoms with Crippen molar-refractivity contribution in [3.05, 3.63) is 47.6 Å². The molecule has 21 rings (SSSR count). The van der Waals surface area contributed by atoms with E-state index in [0.29, 0.717) is 41.9 Å². The number of ether oxygens (including phenoxy) is 4. The summed E-state index contributed by atoms with van der Waals surface area (Å²) in [5.41, 5.74) is 0. The van der Waals surface area contributed by atoms with Gasteiger partial charge in [0, 0.05) is 116 Å². The number of rotatable bonds is 0. The van der Waals surface area contributed by atoms with Gasteiger partial charge in [-0.05, 0) is 248 Å². The van der Waals surface area contributed by atoms with Gasteiger partial charge >= 0.3 is 0 Å². The van der Waals surface area contributed by atoms with E-state index >= 15 is 0 Å². The molecule has 0 bridgehead atoms. The predicted molar refractivity (Wildman–Crippen MR) is 532 cm³/mol. The zero-order valence-corrected chi connectivity index (χ0v) is 81.6. The van der Waals surface area contributed by atoms with Crippen LogP contribution in [0.25, 0.3) is 0 Å². The van der Waals surface area contributed by atoms with E-state index in [4.69, 9.17) is 14.2 Å². The van der Waals surface area contributed by atoms with Gasteiger partial charge < -0.3 is 66.8 Å². The first kappa shape index (κ1) is 117. The van der Waals surface area contributed by atoms with E-state index in [-0.39, 0.29) is 0 Å². The highest BCUT2D eigenvalue weighted by atomic mass is 32.2. The van der Waals surface area contributed by atoms with E-state index in [1.54, 1.807) is 11.8 Å². The molecule has 0 aromatic heterocycles. The van der Waals surface area contributed by atoms with Gasteiger partial charge in [0.15, 0.2) is 16.2 Å². The molecule has 0 unspecified atom stereocenters. The van der Waals surface area contributed by atoms with Crippen LogP contribution in [0.15, 0.2) is 57.6 Å². The maximum absolute atomic E-state index is 10.6. The molecule has 9 N–H and O–H groups in total. The number of piperidine rings is 2. The molecule has 0 aromatic carbocycles. The Hall–Kier alpha value is -2.08. The highest BCUT2D eigenvalue weighted by Crippen LogP contribution is 2.19. The van der Waals surface area contributed by atoms with Crippen LogP contribution in [0.2, 0.25) is 0 Å². The fraction of sp³-hybridized carbons (Fsp3) is 0.885. The van der Waals surface area contributed by atoms with Gasteiger partial charge in [-0.2, -0.15) is 23.5 Å². The minimum atomic E-state index is -2.65. The Morgan fingerprint density at radius 1 is 0.281 bits per heavy atom. The number of thioether (sulfide) groups is 3. The molecule has 0 spiro atoms. The van der Waals surface area contributed by atoms with Gasteiger partial charge in [-0.25, -0.2) is 16.8 Å². The Morgan fingerprint density at radius 3 is 0.826 bits per heavy atom. The Labute approximate surface area is 758 Å². The van der Waals surface area contributed by atoms with E-state index in [1.165, 1.54) is 397 Å². The van der Waals surface area contributed by atoms with E-state index in [0.717, 1.165) is 117 Å². The second-order valence-corrected chi connectivity index (χ2v) is 41.0. The van der Waals surface area contributed by atoms with Crippen LogP contribution in [0, 0.1) is 0 Å². The average molecular weight is 1800 g/mol. The van der Waals surface area contributed by atoms with E-state index < -0.39 is 19.7 Å². The summed E-state index contributed by atoms with van der Waals surface area (Å²) in [7, 11) is -5.19. The summed E-state index contributed by atoms with van der Waals surface area (Å²) >= 11 is 5.78. The van der Waals surface area contributed by atoms with Gasteiger partial charge in [-0.1, -0.05) is 185 Å². The molecule has 121 heavy (non-hydrogen) atoms. The third-order valence-electron chi connectivity index (χ3n) is 21.6. The number of aliphatic imine (C=N–C) groups is 2. The molecular formula is C96H189N11O9S5. The quantitative estimate of drug-likeness (QED) is 0.0807. The summed E-state index contributed by atoms with van der Waals surface area (Å²) in [6.45, 7) is 25.4. The summed E-state index contributed by atoms with van der Waals surface area (Å²) in [4.78, 5) is 17.9. The first-order valence-electron chi connectivity index (χ1n) is 49.9. The molecule has 712 valence electrons. The van der Waals surface area contributed by atoms with Crippen molar-refractivity contribution < 1.29 is 40.6 Å². The smallest absolute Gasteiger partial charge is 0.169 e. The number of sulfone groups is 2. The molecule has 6 aliphatic carbocycles. The largest absolute Gasteiger partial charge is 0.482 e. The number of hydrogen-bond acceptors (Lipinski definition) is 23. The number of carbonyl (C=O) groups is 1. The Balaban J connectivity index is 0.000000636. The Kier molecular flexibility index (Phi) is 98.2.